The molecule has 7 heteroatoms. The molecule has 2 aliphatic rings. The van der Waals surface area contributed by atoms with Crippen LogP contribution in [0.4, 0.5) is 0 Å². The molecule has 19 heavy (non-hydrogen) atoms. The van der Waals surface area contributed by atoms with Crippen LogP contribution in [0.3, 0.4) is 0 Å². The Hall–Kier alpha value is -0.210. The Balaban J connectivity index is 1.90. The van der Waals surface area contributed by atoms with Gasteiger partial charge >= 0.3 is 0 Å². The van der Waals surface area contributed by atoms with Crippen molar-refractivity contribution in [3.8, 4) is 0 Å². The van der Waals surface area contributed by atoms with Crippen LogP contribution in [0, 0.1) is 5.92 Å². The van der Waals surface area contributed by atoms with Crippen LogP contribution in [0.25, 0.3) is 0 Å². The number of nitrogens with one attached hydrogen (secondary N) is 2. The maximum absolute atomic E-state index is 12.4. The molecular formula is C12H25N3O3S. The normalized spacial score (nSPS) is 27.5. The second-order valence-corrected chi connectivity index (χ2v) is 7.14. The highest BCUT2D eigenvalue weighted by Gasteiger charge is 2.30. The Morgan fingerprint density at radius 2 is 2.00 bits per heavy atom. The first-order valence-electron chi connectivity index (χ1n) is 7.11. The number of nitrogens with zero attached hydrogens (tertiary/aromatic N) is 1. The maximum Gasteiger partial charge on any atom is 0.279 e. The molecule has 0 radical (unpaired) electrons. The lowest BCUT2D eigenvalue weighted by Gasteiger charge is -2.33. The standard InChI is InChI=1S/C12H25N3O3S/c1-13-9-11-3-2-6-15(10-11)19(16,17)14-12-4-7-18-8-5-12/h11-14H,2-10H2,1H3. The Morgan fingerprint density at radius 3 is 2.68 bits per heavy atom. The Bertz CT molecular complexity index is 366. The summed E-state index contributed by atoms with van der Waals surface area (Å²) in [4.78, 5) is 0. The van der Waals surface area contributed by atoms with Crippen molar-refractivity contribution in [2.75, 3.05) is 39.9 Å². The zero-order valence-corrected chi connectivity index (χ0v) is 12.4. The molecule has 1 atom stereocenters. The van der Waals surface area contributed by atoms with Gasteiger partial charge in [-0.1, -0.05) is 0 Å². The van der Waals surface area contributed by atoms with Crippen LogP contribution in [0.1, 0.15) is 25.7 Å². The molecule has 1 unspecified atom stereocenters. The highest BCUT2D eigenvalue weighted by molar-refractivity contribution is 7.87. The molecule has 0 aromatic carbocycles. The number of piperidine rings is 1. The molecular weight excluding hydrogens is 266 g/mol. The minimum Gasteiger partial charge on any atom is -0.381 e. The zero-order valence-electron chi connectivity index (χ0n) is 11.6. The molecule has 0 amide bonds. The first-order valence-corrected chi connectivity index (χ1v) is 8.55. The molecule has 2 rings (SSSR count). The summed E-state index contributed by atoms with van der Waals surface area (Å²) >= 11 is 0. The van der Waals surface area contributed by atoms with Gasteiger partial charge in [0.2, 0.25) is 0 Å². The number of ether oxygens (including phenoxy) is 1. The summed E-state index contributed by atoms with van der Waals surface area (Å²) in [6.07, 6.45) is 3.59. The first kappa shape index (κ1) is 15.2. The van der Waals surface area contributed by atoms with Gasteiger partial charge in [-0.3, -0.25) is 0 Å². The molecule has 0 aliphatic carbocycles. The van der Waals surface area contributed by atoms with E-state index in [2.05, 4.69) is 10.0 Å². The van der Waals surface area contributed by atoms with E-state index in [1.807, 2.05) is 7.05 Å². The Morgan fingerprint density at radius 1 is 1.26 bits per heavy atom. The number of rotatable bonds is 5. The summed E-state index contributed by atoms with van der Waals surface area (Å²) in [6, 6.07) is 0.0310. The monoisotopic (exact) mass is 291 g/mol. The summed E-state index contributed by atoms with van der Waals surface area (Å²) in [6.45, 7) is 3.44. The van der Waals surface area contributed by atoms with Crippen LogP contribution in [0.5, 0.6) is 0 Å². The summed E-state index contributed by atoms with van der Waals surface area (Å²) in [5.74, 6) is 0.421. The van der Waals surface area contributed by atoms with Gasteiger partial charge in [-0.2, -0.15) is 17.4 Å². The molecule has 2 N–H and O–H groups in total. The van der Waals surface area contributed by atoms with E-state index in [0.717, 1.165) is 32.2 Å². The van der Waals surface area contributed by atoms with E-state index in [-0.39, 0.29) is 6.04 Å². The van der Waals surface area contributed by atoms with Gasteiger partial charge < -0.3 is 10.1 Å². The second-order valence-electron chi connectivity index (χ2n) is 5.43. The first-order chi connectivity index (χ1) is 9.12. The Kier molecular flexibility index (Phi) is 5.58. The topological polar surface area (TPSA) is 70.7 Å². The van der Waals surface area contributed by atoms with Gasteiger partial charge in [-0.15, -0.1) is 0 Å². The molecule has 2 fully saturated rings. The van der Waals surface area contributed by atoms with E-state index >= 15 is 0 Å². The van der Waals surface area contributed by atoms with Crippen LogP contribution in [-0.2, 0) is 14.9 Å². The Labute approximate surface area is 116 Å². The molecule has 0 bridgehead atoms. The molecule has 0 spiro atoms. The summed E-state index contributed by atoms with van der Waals surface area (Å²) in [5.41, 5.74) is 0. The van der Waals surface area contributed by atoms with E-state index in [4.69, 9.17) is 4.74 Å². The van der Waals surface area contributed by atoms with Gasteiger partial charge in [-0.25, -0.2) is 0 Å². The summed E-state index contributed by atoms with van der Waals surface area (Å²) < 4.78 is 34.4. The maximum atomic E-state index is 12.4. The minimum absolute atomic E-state index is 0.0310. The highest BCUT2D eigenvalue weighted by Crippen LogP contribution is 2.19. The second kappa shape index (κ2) is 6.99. The van der Waals surface area contributed by atoms with E-state index < -0.39 is 10.2 Å². The van der Waals surface area contributed by atoms with Crippen LogP contribution >= 0.6 is 0 Å². The SMILES string of the molecule is CNCC1CCCN(S(=O)(=O)NC2CCOCC2)C1. The summed E-state index contributed by atoms with van der Waals surface area (Å²) in [7, 11) is -1.42. The third-order valence-electron chi connectivity index (χ3n) is 3.85. The molecule has 2 heterocycles. The average molecular weight is 291 g/mol. The van der Waals surface area contributed by atoms with E-state index in [0.29, 0.717) is 32.2 Å². The fourth-order valence-electron chi connectivity index (χ4n) is 2.80. The van der Waals surface area contributed by atoms with E-state index in [1.54, 1.807) is 4.31 Å². The van der Waals surface area contributed by atoms with E-state index in [1.165, 1.54) is 0 Å². The van der Waals surface area contributed by atoms with Gasteiger partial charge in [0.1, 0.15) is 0 Å². The summed E-state index contributed by atoms with van der Waals surface area (Å²) in [5, 5.41) is 3.13. The smallest absolute Gasteiger partial charge is 0.279 e. The van der Waals surface area contributed by atoms with Crippen LogP contribution in [0.15, 0.2) is 0 Å². The zero-order chi connectivity index (χ0) is 13.7. The molecule has 2 saturated heterocycles. The van der Waals surface area contributed by atoms with Crippen LogP contribution < -0.4 is 10.0 Å². The molecule has 112 valence electrons. The third kappa shape index (κ3) is 4.39. The predicted molar refractivity (Wildman–Crippen MR) is 74.1 cm³/mol. The van der Waals surface area contributed by atoms with Crippen LogP contribution in [-0.4, -0.2) is 58.7 Å². The van der Waals surface area contributed by atoms with E-state index in [9.17, 15) is 8.42 Å². The van der Waals surface area contributed by atoms with Crippen molar-refractivity contribution in [3.05, 3.63) is 0 Å². The van der Waals surface area contributed by atoms with Gasteiger partial charge in [0, 0.05) is 32.3 Å². The molecule has 0 saturated carbocycles. The van der Waals surface area contributed by atoms with Gasteiger partial charge in [0.15, 0.2) is 0 Å². The minimum atomic E-state index is -3.33. The largest absolute Gasteiger partial charge is 0.381 e. The average Bonchev–Trinajstić information content (AvgIpc) is 2.40. The van der Waals surface area contributed by atoms with Crippen LogP contribution in [0.2, 0.25) is 0 Å². The van der Waals surface area contributed by atoms with Crippen molar-refractivity contribution >= 4 is 10.2 Å². The third-order valence-corrected chi connectivity index (χ3v) is 5.49. The van der Waals surface area contributed by atoms with Gasteiger partial charge in [-0.05, 0) is 45.2 Å². The number of hydrogen-bond acceptors (Lipinski definition) is 4. The molecule has 6 nitrogen and oxygen atoms in total. The van der Waals surface area contributed by atoms with Gasteiger partial charge in [0.05, 0.1) is 0 Å². The quantitative estimate of drug-likeness (QED) is 0.744. The lowest BCUT2D eigenvalue weighted by molar-refractivity contribution is 0.0826. The highest BCUT2D eigenvalue weighted by atomic mass is 32.2. The van der Waals surface area contributed by atoms with Crippen molar-refractivity contribution in [3.63, 3.8) is 0 Å². The van der Waals surface area contributed by atoms with Crippen molar-refractivity contribution < 1.29 is 13.2 Å². The lowest BCUT2D eigenvalue weighted by Crippen LogP contribution is -2.51. The molecule has 0 aromatic heterocycles. The van der Waals surface area contributed by atoms with Gasteiger partial charge in [0.25, 0.3) is 10.2 Å². The molecule has 2 aliphatic heterocycles. The lowest BCUT2D eigenvalue weighted by atomic mass is 10.00. The fourth-order valence-corrected chi connectivity index (χ4v) is 4.38. The number of hydrogen-bond donors (Lipinski definition) is 2. The van der Waals surface area contributed by atoms with Crippen molar-refractivity contribution in [1.82, 2.24) is 14.3 Å². The van der Waals surface area contributed by atoms with Crippen molar-refractivity contribution in [2.24, 2.45) is 5.92 Å². The molecule has 0 aromatic rings. The predicted octanol–water partition coefficient (Wildman–Crippen LogP) is -0.0688. The van der Waals surface area contributed by atoms with Crippen molar-refractivity contribution in [1.29, 1.82) is 0 Å². The van der Waals surface area contributed by atoms with Crippen molar-refractivity contribution in [2.45, 2.75) is 31.7 Å². The fraction of sp³-hybridized carbons (Fsp3) is 1.00.